The van der Waals surface area contributed by atoms with Crippen LogP contribution in [0.15, 0.2) is 110 Å². The quantitative estimate of drug-likeness (QED) is 0.252. The second-order valence-corrected chi connectivity index (χ2v) is 10.9. The molecule has 6 rings (SSSR count). The molecule has 0 N–H and O–H groups in total. The van der Waals surface area contributed by atoms with Gasteiger partial charge >= 0.3 is 108 Å². The maximum Gasteiger partial charge on any atom is -1.00 e. The molecule has 5 aromatic carbocycles. The summed E-state index contributed by atoms with van der Waals surface area (Å²) >= 11 is 1.22. The van der Waals surface area contributed by atoms with Gasteiger partial charge in [0.15, 0.2) is 0 Å². The largest absolute Gasteiger partial charge is 1.00 e. The molecule has 0 aliphatic heterocycles. The summed E-state index contributed by atoms with van der Waals surface area (Å²) in [6.07, 6.45) is 4.74. The second-order valence-electron chi connectivity index (χ2n) is 9.68. The van der Waals surface area contributed by atoms with Crippen molar-refractivity contribution in [2.45, 2.75) is 20.3 Å². The molecule has 0 nitrogen and oxygen atoms in total. The van der Waals surface area contributed by atoms with Gasteiger partial charge in [0.2, 0.25) is 0 Å². The number of halogens is 4. The fourth-order valence-corrected chi connectivity index (χ4v) is 5.30. The maximum absolute atomic E-state index is 12.8. The molecule has 0 radical (unpaired) electrons. The first kappa shape index (κ1) is 35.1. The molecule has 0 fully saturated rings. The number of fused-ring (bicyclic) bond motifs is 3. The first-order valence-electron chi connectivity index (χ1n) is 13.0. The van der Waals surface area contributed by atoms with Crippen molar-refractivity contribution < 1.29 is 57.8 Å². The first-order valence-corrected chi connectivity index (χ1v) is 14.2. The molecule has 42 heavy (non-hydrogen) atoms. The Kier molecular flexibility index (Phi) is 13.8. The number of hydrogen-bond donors (Lipinski definition) is 0. The third kappa shape index (κ3) is 9.20. The van der Waals surface area contributed by atoms with Crippen LogP contribution in [0.25, 0.3) is 23.3 Å². The molecule has 0 aromatic heterocycles. The standard InChI is InChI=1S/C17H13.C13H8F2.C7H9.2ClH.Zr/c1-3-12-5-7-14-11-15-8-6-13(4-2)10-17(15)16(14)9-12;14-12-5-1-10(2-6-12)9-11-3-7-13(15)8-4-11;1-6-3-4-7(2)5-6;;;/h3-7,9-10H,1-2,11H2;1-8H;3-5H,1-2H3;2*1H;/q-1;;-1;;;+2/p-2. The average Bonchev–Trinajstić information content (AvgIpc) is 3.54. The zero-order chi connectivity index (χ0) is 28.6. The van der Waals surface area contributed by atoms with Gasteiger partial charge in [0.1, 0.15) is 0 Å². The number of hydrogen-bond acceptors (Lipinski definition) is 0. The Hall–Kier alpha value is -3.10. The Bertz CT molecular complexity index is 1530. The summed E-state index contributed by atoms with van der Waals surface area (Å²) in [5.41, 5.74) is 12.2. The fraction of sp³-hybridized carbons (Fsp3) is 0.0811. The van der Waals surface area contributed by atoms with Gasteiger partial charge in [-0.05, 0) is 12.0 Å². The molecule has 1 aliphatic carbocycles. The Balaban J connectivity index is 0.000000231. The van der Waals surface area contributed by atoms with E-state index in [0.717, 1.165) is 26.3 Å². The fourth-order valence-electron chi connectivity index (χ4n) is 4.48. The monoisotopic (exact) mass is 672 g/mol. The maximum atomic E-state index is 12.8. The SMILES string of the molecule is C=Cc1c[c-]c2c(c1)-c1cc(C=C)ccc1C2.Cc1c[cH-]c(C)c1.Fc1ccc([C](=[Zr+2])c2ccc(F)cc2)cc1.[Cl-].[Cl-]. The number of aryl methyl sites for hydroxylation is 2. The summed E-state index contributed by atoms with van der Waals surface area (Å²) in [4.78, 5) is 0. The molecule has 1 aliphatic rings. The molecule has 0 unspecified atom stereocenters. The minimum atomic E-state index is -0.244. The molecule has 5 heteroatoms. The van der Waals surface area contributed by atoms with Crippen LogP contribution in [0.2, 0.25) is 0 Å². The van der Waals surface area contributed by atoms with E-state index in [9.17, 15) is 8.78 Å². The topological polar surface area (TPSA) is 0 Å². The minimum Gasteiger partial charge on any atom is -1.00 e. The summed E-state index contributed by atoms with van der Waals surface area (Å²) in [6, 6.07) is 33.2. The molecule has 0 spiro atoms. The zero-order valence-corrected chi connectivity index (χ0v) is 27.5. The molecule has 5 aromatic rings. The van der Waals surface area contributed by atoms with Gasteiger partial charge in [-0.15, -0.1) is 23.8 Å². The van der Waals surface area contributed by atoms with E-state index in [1.807, 2.05) is 18.2 Å². The van der Waals surface area contributed by atoms with Gasteiger partial charge in [0.05, 0.1) is 0 Å². The van der Waals surface area contributed by atoms with Crippen LogP contribution in [0.1, 0.15) is 44.5 Å². The third-order valence-electron chi connectivity index (χ3n) is 6.64. The normalized spacial score (nSPS) is 10.2. The van der Waals surface area contributed by atoms with Crippen molar-refractivity contribution >= 4 is 15.4 Å². The van der Waals surface area contributed by atoms with Crippen LogP contribution in [0.3, 0.4) is 0 Å². The predicted octanol–water partition coefficient (Wildman–Crippen LogP) is 3.45. The van der Waals surface area contributed by atoms with Crippen LogP contribution in [-0.4, -0.2) is 3.21 Å². The van der Waals surface area contributed by atoms with Crippen LogP contribution in [0.4, 0.5) is 8.78 Å². The van der Waals surface area contributed by atoms with E-state index >= 15 is 0 Å². The van der Waals surface area contributed by atoms with E-state index in [1.54, 1.807) is 24.3 Å². The molecular weight excluding hydrogens is 645 g/mol. The van der Waals surface area contributed by atoms with Gasteiger partial charge in [0.25, 0.3) is 0 Å². The van der Waals surface area contributed by atoms with Gasteiger partial charge < -0.3 is 24.8 Å². The molecule has 0 saturated heterocycles. The Morgan fingerprint density at radius 1 is 0.786 bits per heavy atom. The van der Waals surface area contributed by atoms with Gasteiger partial charge in [-0.2, -0.15) is 41.5 Å². The molecule has 0 atom stereocenters. The van der Waals surface area contributed by atoms with Gasteiger partial charge in [0, 0.05) is 0 Å². The molecule has 0 amide bonds. The Labute approximate surface area is 275 Å². The van der Waals surface area contributed by atoms with Crippen molar-refractivity contribution in [3.63, 3.8) is 0 Å². The van der Waals surface area contributed by atoms with Gasteiger partial charge in [-0.3, -0.25) is 0 Å². The van der Waals surface area contributed by atoms with Crippen molar-refractivity contribution in [1.29, 1.82) is 0 Å². The van der Waals surface area contributed by atoms with E-state index in [1.165, 1.54) is 87.4 Å². The summed E-state index contributed by atoms with van der Waals surface area (Å²) in [5, 5.41) is 0. The number of rotatable bonds is 4. The van der Waals surface area contributed by atoms with E-state index in [0.29, 0.717) is 0 Å². The van der Waals surface area contributed by atoms with Crippen LogP contribution < -0.4 is 24.8 Å². The van der Waals surface area contributed by atoms with E-state index in [4.69, 9.17) is 0 Å². The van der Waals surface area contributed by atoms with Crippen LogP contribution in [0, 0.1) is 31.5 Å². The predicted molar refractivity (Wildman–Crippen MR) is 161 cm³/mol. The Morgan fingerprint density at radius 2 is 1.33 bits per heavy atom. The van der Waals surface area contributed by atoms with Crippen molar-refractivity contribution in [1.82, 2.24) is 0 Å². The van der Waals surface area contributed by atoms with E-state index in [2.05, 4.69) is 75.5 Å². The van der Waals surface area contributed by atoms with Crippen LogP contribution >= 0.6 is 0 Å². The van der Waals surface area contributed by atoms with Crippen molar-refractivity contribution in [2.75, 3.05) is 0 Å². The van der Waals surface area contributed by atoms with Crippen molar-refractivity contribution in [2.24, 2.45) is 0 Å². The molecule has 0 heterocycles. The van der Waals surface area contributed by atoms with Gasteiger partial charge in [-0.25, -0.2) is 11.6 Å². The molecular formula is C37H30Cl2F2Zr-2. The molecule has 212 valence electrons. The van der Waals surface area contributed by atoms with Crippen molar-refractivity contribution in [3.8, 4) is 11.1 Å². The second kappa shape index (κ2) is 16.5. The Morgan fingerprint density at radius 3 is 1.79 bits per heavy atom. The summed E-state index contributed by atoms with van der Waals surface area (Å²) in [7, 11) is 0. The summed E-state index contributed by atoms with van der Waals surface area (Å²) < 4.78 is 26.6. The minimum absolute atomic E-state index is 0. The first-order chi connectivity index (χ1) is 19.3. The third-order valence-corrected chi connectivity index (χ3v) is 8.06. The molecule has 0 saturated carbocycles. The van der Waals surface area contributed by atoms with Gasteiger partial charge in [-0.1, -0.05) is 55.8 Å². The summed E-state index contributed by atoms with van der Waals surface area (Å²) in [6.45, 7) is 11.8. The van der Waals surface area contributed by atoms with Crippen LogP contribution in [0.5, 0.6) is 0 Å². The smallest absolute Gasteiger partial charge is 1.00 e. The van der Waals surface area contributed by atoms with E-state index in [-0.39, 0.29) is 36.4 Å². The molecule has 0 bridgehead atoms. The number of benzene rings is 4. The average molecular weight is 675 g/mol. The van der Waals surface area contributed by atoms with Crippen molar-refractivity contribution in [3.05, 3.63) is 172 Å². The zero-order valence-electron chi connectivity index (χ0n) is 23.5. The van der Waals surface area contributed by atoms with E-state index < -0.39 is 0 Å². The van der Waals surface area contributed by atoms with Crippen LogP contribution in [-0.2, 0) is 30.7 Å². The summed E-state index contributed by atoms with van der Waals surface area (Å²) in [5.74, 6) is -0.488.